The fraction of sp³-hybridized carbons (Fsp3) is 0.875. The summed E-state index contributed by atoms with van der Waals surface area (Å²) >= 11 is 0. The normalized spacial score (nSPS) is 17.4. The molecule has 1 aliphatic heterocycles. The Bertz CT molecular complexity index is 315. The molecule has 0 bridgehead atoms. The van der Waals surface area contributed by atoms with Crippen molar-refractivity contribution in [2.75, 3.05) is 31.9 Å². The maximum Gasteiger partial charge on any atom is 0.266 e. The van der Waals surface area contributed by atoms with Gasteiger partial charge in [-0.05, 0) is 6.42 Å². The predicted octanol–water partition coefficient (Wildman–Crippen LogP) is -0.914. The van der Waals surface area contributed by atoms with Gasteiger partial charge in [-0.3, -0.25) is 9.35 Å². The molecular weight excluding hydrogens is 220 g/mol. The summed E-state index contributed by atoms with van der Waals surface area (Å²) in [6, 6.07) is 0. The van der Waals surface area contributed by atoms with Gasteiger partial charge in [0.05, 0.1) is 5.75 Å². The average molecular weight is 236 g/mol. The van der Waals surface area contributed by atoms with E-state index in [2.05, 4.69) is 5.32 Å². The van der Waals surface area contributed by atoms with E-state index in [1.165, 1.54) is 0 Å². The molecule has 0 radical (unpaired) electrons. The van der Waals surface area contributed by atoms with Crippen LogP contribution in [0.1, 0.15) is 12.8 Å². The molecule has 1 heterocycles. The largest absolute Gasteiger partial charge is 0.341 e. The summed E-state index contributed by atoms with van der Waals surface area (Å²) < 4.78 is 29.1. The van der Waals surface area contributed by atoms with E-state index in [1.54, 1.807) is 4.90 Å². The molecule has 0 aromatic carbocycles. The lowest BCUT2D eigenvalue weighted by molar-refractivity contribution is -0.127. The van der Waals surface area contributed by atoms with Crippen molar-refractivity contribution in [3.8, 4) is 0 Å². The molecule has 2 N–H and O–H groups in total. The molecule has 1 aliphatic rings. The Labute approximate surface area is 89.4 Å². The molecule has 0 spiro atoms. The summed E-state index contributed by atoms with van der Waals surface area (Å²) in [6.45, 7) is 2.16. The Balaban J connectivity index is 2.04. The van der Waals surface area contributed by atoms with Crippen molar-refractivity contribution in [2.24, 2.45) is 0 Å². The number of likely N-dealkylation sites (tertiary alicyclic amines) is 1. The highest BCUT2D eigenvalue weighted by atomic mass is 32.2. The molecule has 0 aliphatic carbocycles. The van der Waals surface area contributed by atoms with Crippen LogP contribution in [0.3, 0.4) is 0 Å². The molecular formula is C8H16N2O4S. The smallest absolute Gasteiger partial charge is 0.266 e. The van der Waals surface area contributed by atoms with E-state index in [0.29, 0.717) is 19.5 Å². The van der Waals surface area contributed by atoms with Gasteiger partial charge in [-0.2, -0.15) is 8.42 Å². The number of carbonyl (C=O) groups is 1. The Morgan fingerprint density at radius 1 is 1.40 bits per heavy atom. The highest BCUT2D eigenvalue weighted by Crippen LogP contribution is 2.07. The fourth-order valence-electron chi connectivity index (χ4n) is 1.48. The van der Waals surface area contributed by atoms with Crippen molar-refractivity contribution in [1.29, 1.82) is 0 Å². The molecule has 1 rings (SSSR count). The summed E-state index contributed by atoms with van der Waals surface area (Å²) in [5.74, 6) is -0.132. The Morgan fingerprint density at radius 3 is 2.67 bits per heavy atom. The molecule has 88 valence electrons. The quantitative estimate of drug-likeness (QED) is 0.460. The van der Waals surface area contributed by atoms with Crippen LogP contribution in [0.25, 0.3) is 0 Å². The summed E-state index contributed by atoms with van der Waals surface area (Å²) in [7, 11) is -3.88. The molecule has 0 aromatic rings. The molecule has 1 amide bonds. The number of carbonyl (C=O) groups excluding carboxylic acids is 1. The van der Waals surface area contributed by atoms with Gasteiger partial charge in [0.2, 0.25) is 5.91 Å². The van der Waals surface area contributed by atoms with Crippen LogP contribution in [0.2, 0.25) is 0 Å². The molecule has 0 saturated carbocycles. The molecule has 1 fully saturated rings. The van der Waals surface area contributed by atoms with Crippen molar-refractivity contribution in [1.82, 2.24) is 10.2 Å². The van der Waals surface area contributed by atoms with Gasteiger partial charge in [0.1, 0.15) is 0 Å². The second-order valence-corrected chi connectivity index (χ2v) is 5.09. The topological polar surface area (TPSA) is 86.7 Å². The second-order valence-electron chi connectivity index (χ2n) is 3.52. The molecule has 7 heteroatoms. The summed E-state index contributed by atoms with van der Waals surface area (Å²) in [5.41, 5.74) is 0. The minimum absolute atomic E-state index is 0.159. The first-order valence-corrected chi connectivity index (χ1v) is 6.53. The van der Waals surface area contributed by atoms with Gasteiger partial charge in [-0.25, -0.2) is 0 Å². The zero-order valence-corrected chi connectivity index (χ0v) is 9.29. The van der Waals surface area contributed by atoms with Crippen molar-refractivity contribution >= 4 is 16.0 Å². The lowest BCUT2D eigenvalue weighted by atomic mass is 10.4. The van der Waals surface area contributed by atoms with Crippen LogP contribution in [-0.2, 0) is 14.9 Å². The summed E-state index contributed by atoms with van der Waals surface area (Å²) in [4.78, 5) is 12.9. The fourth-order valence-corrected chi connectivity index (χ4v) is 1.88. The van der Waals surface area contributed by atoms with Crippen LogP contribution in [-0.4, -0.2) is 55.7 Å². The van der Waals surface area contributed by atoms with Crippen LogP contribution in [0.5, 0.6) is 0 Å². The minimum Gasteiger partial charge on any atom is -0.341 e. The number of hydrogen-bond acceptors (Lipinski definition) is 4. The standard InChI is InChI=1S/C8H16N2O4S/c11-8-2-1-5-10(8)6-3-9-4-7-15(12,13)14/h9H,1-7H2,(H,12,13,14). The van der Waals surface area contributed by atoms with Crippen LogP contribution >= 0.6 is 0 Å². The van der Waals surface area contributed by atoms with Crippen molar-refractivity contribution in [2.45, 2.75) is 12.8 Å². The van der Waals surface area contributed by atoms with E-state index in [-0.39, 0.29) is 18.2 Å². The van der Waals surface area contributed by atoms with E-state index in [9.17, 15) is 13.2 Å². The maximum atomic E-state index is 11.2. The molecule has 15 heavy (non-hydrogen) atoms. The lowest BCUT2D eigenvalue weighted by Gasteiger charge is -2.15. The molecule has 0 atom stereocenters. The Kier molecular flexibility index (Phi) is 4.49. The van der Waals surface area contributed by atoms with Crippen LogP contribution < -0.4 is 5.32 Å². The second kappa shape index (κ2) is 5.43. The van der Waals surface area contributed by atoms with Crippen molar-refractivity contribution < 1.29 is 17.8 Å². The minimum atomic E-state index is -3.88. The van der Waals surface area contributed by atoms with Gasteiger partial charge in [0.15, 0.2) is 0 Å². The molecule has 0 aromatic heterocycles. The van der Waals surface area contributed by atoms with Crippen molar-refractivity contribution in [3.63, 3.8) is 0 Å². The van der Waals surface area contributed by atoms with E-state index in [4.69, 9.17) is 4.55 Å². The Hall–Kier alpha value is -0.660. The summed E-state index contributed by atoms with van der Waals surface area (Å²) in [5, 5.41) is 2.86. The Morgan fingerprint density at radius 2 is 2.13 bits per heavy atom. The van der Waals surface area contributed by atoms with E-state index in [0.717, 1.165) is 13.0 Å². The molecule has 1 saturated heterocycles. The van der Waals surface area contributed by atoms with Gasteiger partial charge in [0.25, 0.3) is 10.1 Å². The van der Waals surface area contributed by atoms with Crippen LogP contribution in [0.15, 0.2) is 0 Å². The van der Waals surface area contributed by atoms with E-state index >= 15 is 0 Å². The zero-order valence-electron chi connectivity index (χ0n) is 8.48. The first kappa shape index (κ1) is 12.4. The average Bonchev–Trinajstić information content (AvgIpc) is 2.49. The molecule has 0 unspecified atom stereocenters. The van der Waals surface area contributed by atoms with Gasteiger partial charge in [-0.1, -0.05) is 0 Å². The maximum absolute atomic E-state index is 11.2. The monoisotopic (exact) mass is 236 g/mol. The van der Waals surface area contributed by atoms with Gasteiger partial charge in [0, 0.05) is 32.6 Å². The van der Waals surface area contributed by atoms with E-state index in [1.807, 2.05) is 0 Å². The van der Waals surface area contributed by atoms with Gasteiger partial charge < -0.3 is 10.2 Å². The van der Waals surface area contributed by atoms with Gasteiger partial charge in [-0.15, -0.1) is 0 Å². The number of nitrogens with one attached hydrogen (secondary N) is 1. The van der Waals surface area contributed by atoms with Crippen LogP contribution in [0.4, 0.5) is 0 Å². The zero-order chi connectivity index (χ0) is 11.3. The molecule has 6 nitrogen and oxygen atoms in total. The third-order valence-electron chi connectivity index (χ3n) is 2.27. The third kappa shape index (κ3) is 5.10. The van der Waals surface area contributed by atoms with Crippen LogP contribution in [0, 0.1) is 0 Å². The number of hydrogen-bond donors (Lipinski definition) is 2. The third-order valence-corrected chi connectivity index (χ3v) is 2.99. The first-order chi connectivity index (χ1) is 6.99. The van der Waals surface area contributed by atoms with E-state index < -0.39 is 10.1 Å². The highest BCUT2D eigenvalue weighted by molar-refractivity contribution is 7.85. The van der Waals surface area contributed by atoms with Crippen molar-refractivity contribution in [3.05, 3.63) is 0 Å². The number of amides is 1. The SMILES string of the molecule is O=C1CCCN1CCNCCS(=O)(=O)O. The highest BCUT2D eigenvalue weighted by Gasteiger charge is 2.18. The van der Waals surface area contributed by atoms with Gasteiger partial charge >= 0.3 is 0 Å². The number of nitrogens with zero attached hydrogens (tertiary/aromatic N) is 1. The lowest BCUT2D eigenvalue weighted by Crippen LogP contribution is -2.34. The number of rotatable bonds is 6. The summed E-state index contributed by atoms with van der Waals surface area (Å²) in [6.07, 6.45) is 1.52. The predicted molar refractivity (Wildman–Crippen MR) is 55.1 cm³/mol. The first-order valence-electron chi connectivity index (χ1n) is 4.93.